The van der Waals surface area contributed by atoms with Gasteiger partial charge < -0.3 is 29.1 Å². The number of aliphatic hydroxyl groups excluding tert-OH is 1. The van der Waals surface area contributed by atoms with Gasteiger partial charge in [0.25, 0.3) is 5.91 Å². The van der Waals surface area contributed by atoms with Gasteiger partial charge in [0.15, 0.2) is 5.60 Å². The van der Waals surface area contributed by atoms with E-state index < -0.39 is 31.6 Å². The first-order valence-electron chi connectivity index (χ1n) is 14.9. The van der Waals surface area contributed by atoms with Crippen molar-refractivity contribution in [3.63, 3.8) is 0 Å². The monoisotopic (exact) mass is 594 g/mol. The van der Waals surface area contributed by atoms with Gasteiger partial charge in [-0.15, -0.1) is 0 Å². The van der Waals surface area contributed by atoms with Crippen molar-refractivity contribution >= 4 is 43.2 Å². The Hall–Kier alpha value is -3.12. The summed E-state index contributed by atoms with van der Waals surface area (Å²) in [5.74, 6) is -1.13. The van der Waals surface area contributed by atoms with Crippen molar-refractivity contribution in [2.24, 2.45) is 5.92 Å². The quantitative estimate of drug-likeness (QED) is 0.393. The number of fused-ring (bicyclic) bond motifs is 2. The highest BCUT2D eigenvalue weighted by Crippen LogP contribution is 2.61. The van der Waals surface area contributed by atoms with Crippen LogP contribution in [0.2, 0.25) is 18.6 Å². The van der Waals surface area contributed by atoms with Crippen molar-refractivity contribution in [2.45, 2.75) is 62.6 Å². The third-order valence-electron chi connectivity index (χ3n) is 9.55. The molecule has 0 aromatic heterocycles. The average molecular weight is 595 g/mol. The van der Waals surface area contributed by atoms with Gasteiger partial charge in [-0.3, -0.25) is 19.3 Å². The van der Waals surface area contributed by atoms with Crippen LogP contribution in [-0.4, -0.2) is 81.1 Å². The van der Waals surface area contributed by atoms with Crippen LogP contribution >= 0.6 is 0 Å². The summed E-state index contributed by atoms with van der Waals surface area (Å²) in [5, 5.41) is 12.9. The highest BCUT2D eigenvalue weighted by molar-refractivity contribution is 6.72. The van der Waals surface area contributed by atoms with Gasteiger partial charge in [-0.05, 0) is 56.3 Å². The number of piperazine rings is 1. The van der Waals surface area contributed by atoms with E-state index in [0.717, 1.165) is 12.8 Å². The fraction of sp³-hybridized carbons (Fsp3) is 0.516. The molecule has 4 aliphatic heterocycles. The van der Waals surface area contributed by atoms with E-state index in [1.165, 1.54) is 0 Å². The molecule has 4 heterocycles. The predicted molar refractivity (Wildman–Crippen MR) is 160 cm³/mol. The number of rotatable bonds is 6. The highest BCUT2D eigenvalue weighted by Gasteiger charge is 2.67. The second kappa shape index (κ2) is 10.9. The van der Waals surface area contributed by atoms with Gasteiger partial charge in [0, 0.05) is 48.0 Å². The summed E-state index contributed by atoms with van der Waals surface area (Å²) < 4.78 is 23.1. The van der Waals surface area contributed by atoms with Gasteiger partial charge >= 0.3 is 0 Å². The molecule has 2 aromatic rings. The van der Waals surface area contributed by atoms with Crippen molar-refractivity contribution in [1.82, 2.24) is 10.2 Å². The number of ether oxygens (including phenoxy) is 1. The molecule has 0 saturated carbocycles. The van der Waals surface area contributed by atoms with Crippen molar-refractivity contribution in [1.29, 1.82) is 0 Å². The minimum Gasteiger partial charge on any atom is -0.394 e. The molecule has 6 rings (SSSR count). The molecule has 2 N–H and O–H groups in total. The number of para-hydroxylation sites is 1. The van der Waals surface area contributed by atoms with Gasteiger partial charge in [-0.25, -0.2) is 0 Å². The van der Waals surface area contributed by atoms with Gasteiger partial charge in [0.1, 0.15) is 0 Å². The van der Waals surface area contributed by atoms with Crippen molar-refractivity contribution in [3.05, 3.63) is 54.1 Å². The molecule has 3 amide bonds. The first kappa shape index (κ1) is 29.0. The first-order chi connectivity index (χ1) is 20.1. The fourth-order valence-electron chi connectivity index (χ4n) is 7.68. The maximum absolute atomic E-state index is 16.3. The topological polar surface area (TPSA) is 102 Å². The van der Waals surface area contributed by atoms with E-state index >= 15 is 4.11 Å². The number of benzene rings is 2. The van der Waals surface area contributed by atoms with E-state index in [0.29, 0.717) is 42.3 Å². The minimum atomic E-state index is -3.47. The molecular weight excluding hydrogens is 555 g/mol. The molecule has 5 atom stereocenters. The summed E-state index contributed by atoms with van der Waals surface area (Å²) in [5.41, 5.74) is 0.403. The molecule has 11 heteroatoms. The zero-order valence-corrected chi connectivity index (χ0v) is 25.4. The molecule has 3 saturated heterocycles. The van der Waals surface area contributed by atoms with E-state index in [1.54, 1.807) is 27.8 Å². The van der Waals surface area contributed by atoms with Crippen LogP contribution in [0.3, 0.4) is 0 Å². The summed E-state index contributed by atoms with van der Waals surface area (Å²) in [6.45, 7) is 6.90. The second-order valence-electron chi connectivity index (χ2n) is 12.4. The van der Waals surface area contributed by atoms with E-state index in [9.17, 15) is 19.5 Å². The Bertz CT molecular complexity index is 1390. The van der Waals surface area contributed by atoms with Gasteiger partial charge in [-0.2, -0.15) is 0 Å². The number of hydrogen-bond donors (Lipinski definition) is 2. The molecule has 0 bridgehead atoms. The molecule has 224 valence electrons. The minimum absolute atomic E-state index is 0.0580. The number of halogens is 1. The number of carbonyl (C=O) groups excluding carboxylic acids is 3. The Kier molecular flexibility index (Phi) is 7.49. The summed E-state index contributed by atoms with van der Waals surface area (Å²) >= 11 is 0. The van der Waals surface area contributed by atoms with E-state index in [2.05, 4.69) is 5.32 Å². The number of amides is 3. The zero-order valence-electron chi connectivity index (χ0n) is 24.4. The van der Waals surface area contributed by atoms with E-state index in [-0.39, 0.29) is 43.3 Å². The lowest BCUT2D eigenvalue weighted by molar-refractivity contribution is -0.149. The average Bonchev–Trinajstić information content (AvgIpc) is 3.63. The highest BCUT2D eigenvalue weighted by atomic mass is 28.4. The van der Waals surface area contributed by atoms with Crippen molar-refractivity contribution in [2.75, 3.05) is 42.6 Å². The summed E-state index contributed by atoms with van der Waals surface area (Å²) in [4.78, 5) is 46.0. The van der Waals surface area contributed by atoms with Gasteiger partial charge in [-0.1, -0.05) is 25.1 Å². The van der Waals surface area contributed by atoms with Crippen LogP contribution in [0.25, 0.3) is 0 Å². The lowest BCUT2D eigenvalue weighted by Crippen LogP contribution is -2.48. The molecular formula is C31H39FN4O5Si. The van der Waals surface area contributed by atoms with Crippen molar-refractivity contribution < 1.29 is 28.3 Å². The molecule has 0 unspecified atom stereocenters. The summed E-state index contributed by atoms with van der Waals surface area (Å²) in [6.07, 6.45) is 0.668. The van der Waals surface area contributed by atoms with Crippen LogP contribution in [-0.2, 0) is 24.7 Å². The molecule has 2 aromatic carbocycles. The molecule has 0 radical (unpaired) electrons. The number of likely N-dealkylation sites (tertiary alicyclic amines) is 1. The number of carbonyl (C=O) groups is 3. The molecule has 42 heavy (non-hydrogen) atoms. The Balaban J connectivity index is 1.45. The SMILES string of the molecule is C[C@@H]1[C@@H]([Si](C)(C)F)[C@H](CC(=O)N2CCC[C@H]2CO)O[C@@]12C(=O)N(c1ccccc1)c1ccc(N3CCNCC3=O)cc12. The zero-order chi connectivity index (χ0) is 29.8. The van der Waals surface area contributed by atoms with E-state index in [1.807, 2.05) is 55.5 Å². The van der Waals surface area contributed by atoms with Crippen LogP contribution in [0.1, 0.15) is 31.7 Å². The molecule has 4 aliphatic rings. The molecule has 0 aliphatic carbocycles. The lowest BCUT2D eigenvalue weighted by atomic mass is 9.82. The van der Waals surface area contributed by atoms with Crippen molar-refractivity contribution in [3.8, 4) is 0 Å². The van der Waals surface area contributed by atoms with Gasteiger partial charge in [0.05, 0.1) is 37.4 Å². The summed E-state index contributed by atoms with van der Waals surface area (Å²) in [6, 6.07) is 14.6. The first-order valence-corrected chi connectivity index (χ1v) is 17.9. The van der Waals surface area contributed by atoms with E-state index in [4.69, 9.17) is 4.74 Å². The van der Waals surface area contributed by atoms with Crippen LogP contribution in [0.5, 0.6) is 0 Å². The lowest BCUT2D eigenvalue weighted by Gasteiger charge is -2.32. The predicted octanol–water partition coefficient (Wildman–Crippen LogP) is 3.45. The van der Waals surface area contributed by atoms with Crippen LogP contribution in [0.15, 0.2) is 48.5 Å². The number of nitrogens with zero attached hydrogens (tertiary/aromatic N) is 3. The van der Waals surface area contributed by atoms with Crippen LogP contribution in [0, 0.1) is 5.92 Å². The largest absolute Gasteiger partial charge is 0.394 e. The number of hydrogen-bond acceptors (Lipinski definition) is 6. The van der Waals surface area contributed by atoms with Gasteiger partial charge in [0.2, 0.25) is 20.2 Å². The molecule has 3 fully saturated rings. The normalized spacial score (nSPS) is 29.6. The number of aliphatic hydroxyl groups is 1. The fourth-order valence-corrected chi connectivity index (χ4v) is 10.2. The Morgan fingerprint density at radius 1 is 1.14 bits per heavy atom. The molecule has 1 spiro atoms. The maximum atomic E-state index is 16.3. The Morgan fingerprint density at radius 3 is 2.60 bits per heavy atom. The second-order valence-corrected chi connectivity index (χ2v) is 16.2. The number of anilines is 3. The van der Waals surface area contributed by atoms with Crippen LogP contribution in [0.4, 0.5) is 21.2 Å². The third-order valence-corrected chi connectivity index (χ3v) is 12.0. The van der Waals surface area contributed by atoms with Crippen LogP contribution < -0.4 is 15.1 Å². The number of nitrogens with one attached hydrogen (secondary N) is 1. The smallest absolute Gasteiger partial charge is 0.268 e. The Labute approximate surface area is 246 Å². The standard InChI is InChI=1S/C31H39FN4O5Si/c1-20-29(42(2,3)32)26(17-27(38)34-14-7-10-23(34)19-37)41-31(20)24-16-22(35-15-13-33-18-28(35)39)11-12-25(24)36(30(31)40)21-8-5-4-6-9-21/h4-6,8-9,11-12,16,20,23,26,29,33,37H,7,10,13-15,17-19H2,1-3H3/t20-,23+,26+,29-,31+/m1/s1. The molecule has 9 nitrogen and oxygen atoms in total. The summed E-state index contributed by atoms with van der Waals surface area (Å²) in [7, 11) is -3.47. The maximum Gasteiger partial charge on any atom is 0.268 e. The third kappa shape index (κ3) is 4.57. The Morgan fingerprint density at radius 2 is 1.90 bits per heavy atom.